The summed E-state index contributed by atoms with van der Waals surface area (Å²) in [4.78, 5) is 23.6. The number of phenols is 1. The van der Waals surface area contributed by atoms with Crippen LogP contribution in [-0.2, 0) is 6.54 Å². The first-order valence-corrected chi connectivity index (χ1v) is 6.99. The minimum atomic E-state index is -0.568. The SMILES string of the molecule is CN(Cc1ccccc1O)C(=O)Nc1ccc([N+](=O)[O-])cc1Cl. The van der Waals surface area contributed by atoms with Crippen LogP contribution in [0.5, 0.6) is 5.75 Å². The van der Waals surface area contributed by atoms with Crippen LogP contribution in [0, 0.1) is 10.1 Å². The fourth-order valence-corrected chi connectivity index (χ4v) is 2.12. The number of non-ortho nitro benzene ring substituents is 1. The molecule has 0 unspecified atom stereocenters. The van der Waals surface area contributed by atoms with Crippen LogP contribution in [0.2, 0.25) is 5.02 Å². The highest BCUT2D eigenvalue weighted by Crippen LogP contribution is 2.27. The number of rotatable bonds is 4. The van der Waals surface area contributed by atoms with Crippen molar-refractivity contribution in [3.63, 3.8) is 0 Å². The van der Waals surface area contributed by atoms with Crippen LogP contribution >= 0.6 is 11.6 Å². The number of hydrogen-bond acceptors (Lipinski definition) is 4. The number of nitrogens with zero attached hydrogens (tertiary/aromatic N) is 2. The first-order valence-electron chi connectivity index (χ1n) is 6.61. The van der Waals surface area contributed by atoms with Crippen molar-refractivity contribution in [1.29, 1.82) is 0 Å². The van der Waals surface area contributed by atoms with Crippen LogP contribution in [0.3, 0.4) is 0 Å². The van der Waals surface area contributed by atoms with Gasteiger partial charge in [-0.05, 0) is 12.1 Å². The van der Waals surface area contributed by atoms with E-state index in [1.165, 1.54) is 29.2 Å². The van der Waals surface area contributed by atoms with Gasteiger partial charge in [0.1, 0.15) is 5.75 Å². The summed E-state index contributed by atoms with van der Waals surface area (Å²) >= 11 is 5.93. The highest BCUT2D eigenvalue weighted by atomic mass is 35.5. The molecule has 0 fully saturated rings. The Hall–Kier alpha value is -2.80. The molecule has 0 saturated heterocycles. The van der Waals surface area contributed by atoms with Gasteiger partial charge in [0, 0.05) is 24.7 Å². The molecular formula is C15H14ClN3O4. The van der Waals surface area contributed by atoms with E-state index < -0.39 is 11.0 Å². The zero-order valence-corrected chi connectivity index (χ0v) is 12.9. The van der Waals surface area contributed by atoms with E-state index >= 15 is 0 Å². The van der Waals surface area contributed by atoms with Crippen molar-refractivity contribution in [1.82, 2.24) is 4.90 Å². The molecule has 0 saturated carbocycles. The van der Waals surface area contributed by atoms with Crippen LogP contribution in [0.4, 0.5) is 16.2 Å². The van der Waals surface area contributed by atoms with E-state index in [1.54, 1.807) is 25.2 Å². The minimum absolute atomic E-state index is 0.0727. The van der Waals surface area contributed by atoms with Gasteiger partial charge in [-0.25, -0.2) is 4.79 Å². The molecule has 0 bridgehead atoms. The summed E-state index contributed by atoms with van der Waals surface area (Å²) in [6, 6.07) is 10.0. The number of carbonyl (C=O) groups excluding carboxylic acids is 1. The van der Waals surface area contributed by atoms with Gasteiger partial charge in [0.2, 0.25) is 0 Å². The third-order valence-corrected chi connectivity index (χ3v) is 3.46. The molecule has 0 aliphatic rings. The molecule has 0 aliphatic carbocycles. The standard InChI is InChI=1S/C15H14ClN3O4/c1-18(9-10-4-2-3-5-14(10)20)15(21)17-13-7-6-11(19(22)23)8-12(13)16/h2-8,20H,9H2,1H3,(H,17,21). The zero-order chi connectivity index (χ0) is 17.0. The van der Waals surface area contributed by atoms with E-state index in [4.69, 9.17) is 11.6 Å². The summed E-state index contributed by atoms with van der Waals surface area (Å²) in [5, 5.41) is 23.0. The molecular weight excluding hydrogens is 322 g/mol. The van der Waals surface area contributed by atoms with Crippen LogP contribution in [-0.4, -0.2) is 28.0 Å². The smallest absolute Gasteiger partial charge is 0.321 e. The van der Waals surface area contributed by atoms with Gasteiger partial charge in [0.05, 0.1) is 22.2 Å². The van der Waals surface area contributed by atoms with Gasteiger partial charge in [0.15, 0.2) is 0 Å². The number of carbonyl (C=O) groups is 1. The molecule has 0 radical (unpaired) electrons. The molecule has 120 valence electrons. The maximum Gasteiger partial charge on any atom is 0.321 e. The largest absolute Gasteiger partial charge is 0.508 e. The molecule has 2 aromatic rings. The van der Waals surface area contributed by atoms with Crippen molar-refractivity contribution in [3.05, 3.63) is 63.2 Å². The lowest BCUT2D eigenvalue weighted by molar-refractivity contribution is -0.384. The second-order valence-electron chi connectivity index (χ2n) is 4.84. The van der Waals surface area contributed by atoms with Crippen LogP contribution in [0.15, 0.2) is 42.5 Å². The number of benzene rings is 2. The highest BCUT2D eigenvalue weighted by molar-refractivity contribution is 6.33. The Morgan fingerprint density at radius 1 is 1.35 bits per heavy atom. The van der Waals surface area contributed by atoms with E-state index in [2.05, 4.69) is 5.32 Å². The number of para-hydroxylation sites is 1. The lowest BCUT2D eigenvalue weighted by atomic mass is 10.2. The zero-order valence-electron chi connectivity index (χ0n) is 12.2. The van der Waals surface area contributed by atoms with Gasteiger partial charge in [0.25, 0.3) is 5.69 Å². The van der Waals surface area contributed by atoms with Gasteiger partial charge in [-0.3, -0.25) is 10.1 Å². The molecule has 0 aliphatic heterocycles. The Morgan fingerprint density at radius 3 is 2.65 bits per heavy atom. The fraction of sp³-hybridized carbons (Fsp3) is 0.133. The van der Waals surface area contributed by atoms with E-state index in [0.717, 1.165) is 0 Å². The number of amides is 2. The monoisotopic (exact) mass is 335 g/mol. The Kier molecular flexibility index (Phi) is 5.02. The molecule has 2 amide bonds. The van der Waals surface area contributed by atoms with Crippen molar-refractivity contribution >= 4 is 29.0 Å². The predicted octanol–water partition coefficient (Wildman–Crippen LogP) is 3.62. The second-order valence-corrected chi connectivity index (χ2v) is 5.24. The molecule has 2 aromatic carbocycles. The second kappa shape index (κ2) is 6.97. The minimum Gasteiger partial charge on any atom is -0.508 e. The Morgan fingerprint density at radius 2 is 2.04 bits per heavy atom. The molecule has 0 spiro atoms. The normalized spacial score (nSPS) is 10.2. The molecule has 8 heteroatoms. The lowest BCUT2D eigenvalue weighted by Crippen LogP contribution is -2.30. The van der Waals surface area contributed by atoms with Crippen molar-refractivity contribution in [2.24, 2.45) is 0 Å². The first kappa shape index (κ1) is 16.6. The third kappa shape index (κ3) is 4.10. The number of halogens is 1. The summed E-state index contributed by atoms with van der Waals surface area (Å²) in [6.45, 7) is 0.198. The van der Waals surface area contributed by atoms with Gasteiger partial charge in [-0.1, -0.05) is 29.8 Å². The Bertz CT molecular complexity index is 751. The Labute approximate surface area is 137 Å². The number of aromatic hydroxyl groups is 1. The summed E-state index contributed by atoms with van der Waals surface area (Å²) in [7, 11) is 1.56. The topological polar surface area (TPSA) is 95.7 Å². The van der Waals surface area contributed by atoms with Gasteiger partial charge in [-0.15, -0.1) is 0 Å². The predicted molar refractivity (Wildman–Crippen MR) is 86.7 cm³/mol. The number of hydrogen-bond donors (Lipinski definition) is 2. The molecule has 23 heavy (non-hydrogen) atoms. The number of urea groups is 1. The summed E-state index contributed by atoms with van der Waals surface area (Å²) in [5.74, 6) is 0.0977. The molecule has 0 aromatic heterocycles. The van der Waals surface area contributed by atoms with Crippen LogP contribution in [0.25, 0.3) is 0 Å². The van der Waals surface area contributed by atoms with Crippen molar-refractivity contribution in [2.75, 3.05) is 12.4 Å². The molecule has 0 heterocycles. The quantitative estimate of drug-likeness (QED) is 0.659. The highest BCUT2D eigenvalue weighted by Gasteiger charge is 2.15. The summed E-state index contributed by atoms with van der Waals surface area (Å²) in [5.41, 5.74) is 0.710. The summed E-state index contributed by atoms with van der Waals surface area (Å²) in [6.07, 6.45) is 0. The van der Waals surface area contributed by atoms with E-state index in [9.17, 15) is 20.0 Å². The number of phenolic OH excluding ortho intramolecular Hbond substituents is 1. The average Bonchev–Trinajstić information content (AvgIpc) is 2.51. The number of nitro groups is 1. The molecule has 2 N–H and O–H groups in total. The van der Waals surface area contributed by atoms with E-state index in [0.29, 0.717) is 5.56 Å². The lowest BCUT2D eigenvalue weighted by Gasteiger charge is -2.19. The van der Waals surface area contributed by atoms with E-state index in [-0.39, 0.29) is 28.7 Å². The maximum atomic E-state index is 12.1. The van der Waals surface area contributed by atoms with E-state index in [1.807, 2.05) is 0 Å². The number of nitro benzene ring substituents is 1. The average molecular weight is 336 g/mol. The molecule has 2 rings (SSSR count). The molecule has 0 atom stereocenters. The first-order chi connectivity index (χ1) is 10.9. The maximum absolute atomic E-state index is 12.1. The fourth-order valence-electron chi connectivity index (χ4n) is 1.90. The van der Waals surface area contributed by atoms with Gasteiger partial charge >= 0.3 is 6.03 Å². The van der Waals surface area contributed by atoms with Crippen LogP contribution < -0.4 is 5.32 Å². The van der Waals surface area contributed by atoms with Crippen molar-refractivity contribution in [2.45, 2.75) is 6.54 Å². The summed E-state index contributed by atoms with van der Waals surface area (Å²) < 4.78 is 0. The number of nitrogens with one attached hydrogen (secondary N) is 1. The van der Waals surface area contributed by atoms with Crippen molar-refractivity contribution in [3.8, 4) is 5.75 Å². The van der Waals surface area contributed by atoms with Crippen molar-refractivity contribution < 1.29 is 14.8 Å². The van der Waals surface area contributed by atoms with Gasteiger partial charge < -0.3 is 15.3 Å². The Balaban J connectivity index is 2.07. The third-order valence-electron chi connectivity index (χ3n) is 3.15. The molecule has 7 nitrogen and oxygen atoms in total. The number of anilines is 1. The van der Waals surface area contributed by atoms with Gasteiger partial charge in [-0.2, -0.15) is 0 Å². The van der Waals surface area contributed by atoms with Crippen LogP contribution in [0.1, 0.15) is 5.56 Å².